The molecule has 2 fully saturated rings. The second kappa shape index (κ2) is 7.85. The molecule has 0 spiro atoms. The zero-order valence-electron chi connectivity index (χ0n) is 15.6. The first kappa shape index (κ1) is 22.2. The van der Waals surface area contributed by atoms with Gasteiger partial charge in [0.05, 0.1) is 11.1 Å². The van der Waals surface area contributed by atoms with Gasteiger partial charge in [0, 0.05) is 0 Å². The molecule has 0 saturated carbocycles. The third-order valence-electron chi connectivity index (χ3n) is 4.75. The zero-order valence-corrected chi connectivity index (χ0v) is 15.6. The summed E-state index contributed by atoms with van der Waals surface area (Å²) >= 11 is 0. The van der Waals surface area contributed by atoms with Crippen molar-refractivity contribution >= 4 is 37.1 Å². The number of halogens is 6. The lowest BCUT2D eigenvalue weighted by Gasteiger charge is -2.12. The smallest absolute Gasteiger partial charge is 0.504 e. The van der Waals surface area contributed by atoms with Crippen LogP contribution in [0.15, 0.2) is 48.5 Å². The van der Waals surface area contributed by atoms with Crippen LogP contribution in [0.1, 0.15) is 11.1 Å². The summed E-state index contributed by atoms with van der Waals surface area (Å²) in [5.74, 6) is -2.02. The Morgan fingerprint density at radius 3 is 1.19 bits per heavy atom. The molecule has 4 rings (SSSR count). The molecule has 2 aromatic rings. The maximum absolute atomic E-state index is 12.7. The third-order valence-corrected chi connectivity index (χ3v) is 4.75. The molecular weight excluding hydrogens is 448 g/mol. The maximum Gasteiger partial charge on any atom is 0.565 e. The average Bonchev–Trinajstić information content (AvgIpc) is 3.29. The van der Waals surface area contributed by atoms with E-state index in [1.54, 1.807) is 0 Å². The van der Waals surface area contributed by atoms with Gasteiger partial charge < -0.3 is 18.6 Å². The van der Waals surface area contributed by atoms with Crippen molar-refractivity contribution in [3.8, 4) is 0 Å². The van der Waals surface area contributed by atoms with Crippen molar-refractivity contribution < 1.29 is 54.5 Å². The van der Waals surface area contributed by atoms with Crippen molar-refractivity contribution in [3.05, 3.63) is 59.7 Å². The minimum atomic E-state index is -4.55. The number of benzene rings is 2. The lowest BCUT2D eigenvalue weighted by atomic mass is 9.79. The fraction of sp³-hybridized carbons (Fsp3) is 0.222. The summed E-state index contributed by atoms with van der Waals surface area (Å²) in [7, 11) is -2.76. The first-order valence-electron chi connectivity index (χ1n) is 9.00. The predicted molar refractivity (Wildman–Crippen MR) is 95.6 cm³/mol. The van der Waals surface area contributed by atoms with Gasteiger partial charge >= 0.3 is 38.5 Å². The Morgan fingerprint density at radius 2 is 0.906 bits per heavy atom. The van der Waals surface area contributed by atoms with Crippen LogP contribution < -0.4 is 10.9 Å². The van der Waals surface area contributed by atoms with Crippen molar-refractivity contribution in [3.63, 3.8) is 0 Å². The van der Waals surface area contributed by atoms with Gasteiger partial charge in [0.25, 0.3) is 0 Å². The highest BCUT2D eigenvalue weighted by molar-refractivity contribution is 6.65. The summed E-state index contributed by atoms with van der Waals surface area (Å²) in [5, 5.41) is 0. The molecule has 0 amide bonds. The molecule has 2 aromatic carbocycles. The highest BCUT2D eigenvalue weighted by Crippen LogP contribution is 2.30. The van der Waals surface area contributed by atoms with Crippen LogP contribution in [0.4, 0.5) is 26.3 Å². The van der Waals surface area contributed by atoms with Crippen LogP contribution in [-0.2, 0) is 40.6 Å². The molecule has 0 N–H and O–H groups in total. The van der Waals surface area contributed by atoms with Crippen LogP contribution in [0.3, 0.4) is 0 Å². The Morgan fingerprint density at radius 1 is 0.594 bits per heavy atom. The average molecular weight is 458 g/mol. The lowest BCUT2D eigenvalue weighted by molar-refractivity contribution is -0.147. The Balaban J connectivity index is 1.45. The lowest BCUT2D eigenvalue weighted by Crippen LogP contribution is -2.40. The molecule has 6 nitrogen and oxygen atoms in total. The second-order valence-corrected chi connectivity index (χ2v) is 6.89. The van der Waals surface area contributed by atoms with Gasteiger partial charge in [0.2, 0.25) is 0 Å². The normalized spacial score (nSPS) is 21.7. The molecule has 0 bridgehead atoms. The molecule has 32 heavy (non-hydrogen) atoms. The summed E-state index contributed by atoms with van der Waals surface area (Å²) in [5.41, 5.74) is -1.63. The van der Waals surface area contributed by atoms with Gasteiger partial charge in [-0.3, -0.25) is 9.59 Å². The summed E-state index contributed by atoms with van der Waals surface area (Å²) in [6.07, 6.45) is -12.3. The maximum atomic E-state index is 12.7. The van der Waals surface area contributed by atoms with E-state index in [0.717, 1.165) is 48.5 Å². The van der Waals surface area contributed by atoms with E-state index in [1.165, 1.54) is 0 Å². The summed E-state index contributed by atoms with van der Waals surface area (Å²) in [6.45, 7) is 0. The van der Waals surface area contributed by atoms with Gasteiger partial charge in [-0.1, -0.05) is 48.5 Å². The number of carbonyl (C=O) groups is 2. The number of hydrogen-bond acceptors (Lipinski definition) is 6. The fourth-order valence-electron chi connectivity index (χ4n) is 3.12. The SMILES string of the molecule is O=C1OB(c2ccc(C(F)(F)F)cc2)O[C@@H]1[C@H]1OB(c2ccc(C(F)(F)F)cc2)OC1=O. The quantitative estimate of drug-likeness (QED) is 0.516. The van der Waals surface area contributed by atoms with Gasteiger partial charge in [0.1, 0.15) is 0 Å². The molecule has 2 saturated heterocycles. The topological polar surface area (TPSA) is 71.1 Å². The number of alkyl halides is 6. The van der Waals surface area contributed by atoms with Gasteiger partial charge in [-0.05, 0) is 10.9 Å². The molecule has 14 heteroatoms. The van der Waals surface area contributed by atoms with E-state index in [2.05, 4.69) is 0 Å². The minimum absolute atomic E-state index is 0.0968. The van der Waals surface area contributed by atoms with E-state index in [0.29, 0.717) is 0 Å². The first-order valence-corrected chi connectivity index (χ1v) is 9.00. The minimum Gasteiger partial charge on any atom is -0.504 e. The molecule has 2 atom stereocenters. The van der Waals surface area contributed by atoms with E-state index in [1.807, 2.05) is 0 Å². The van der Waals surface area contributed by atoms with Crippen LogP contribution >= 0.6 is 0 Å². The summed E-state index contributed by atoms with van der Waals surface area (Å²) in [6, 6.07) is 7.34. The van der Waals surface area contributed by atoms with Gasteiger partial charge in [-0.15, -0.1) is 0 Å². The molecule has 2 aliphatic heterocycles. The number of hydrogen-bond donors (Lipinski definition) is 0. The van der Waals surface area contributed by atoms with Crippen LogP contribution in [0.25, 0.3) is 0 Å². The van der Waals surface area contributed by atoms with E-state index in [9.17, 15) is 35.9 Å². The van der Waals surface area contributed by atoms with Crippen LogP contribution in [0.5, 0.6) is 0 Å². The van der Waals surface area contributed by atoms with Crippen molar-refractivity contribution in [2.24, 2.45) is 0 Å². The first-order chi connectivity index (χ1) is 14.9. The van der Waals surface area contributed by atoms with Gasteiger partial charge in [-0.25, -0.2) is 0 Å². The zero-order chi connectivity index (χ0) is 23.3. The molecule has 0 unspecified atom stereocenters. The van der Waals surface area contributed by atoms with E-state index in [-0.39, 0.29) is 10.9 Å². The van der Waals surface area contributed by atoms with Crippen LogP contribution in [-0.4, -0.2) is 38.4 Å². The predicted octanol–water partition coefficient (Wildman–Crippen LogP) is 1.70. The molecule has 2 aliphatic rings. The summed E-state index contributed by atoms with van der Waals surface area (Å²) in [4.78, 5) is 24.3. The van der Waals surface area contributed by atoms with E-state index in [4.69, 9.17) is 18.6 Å². The highest BCUT2D eigenvalue weighted by atomic mass is 19.4. The molecular formula is C18H10B2F6O6. The number of carbonyl (C=O) groups excluding carboxylic acids is 2. The van der Waals surface area contributed by atoms with Crippen molar-refractivity contribution in [1.29, 1.82) is 0 Å². The van der Waals surface area contributed by atoms with Gasteiger partial charge in [0.15, 0.2) is 12.2 Å². The van der Waals surface area contributed by atoms with Crippen molar-refractivity contribution in [1.82, 2.24) is 0 Å². The third kappa shape index (κ3) is 4.32. The fourth-order valence-corrected chi connectivity index (χ4v) is 3.12. The Labute approximate surface area is 176 Å². The second-order valence-electron chi connectivity index (χ2n) is 6.89. The molecule has 166 valence electrons. The Hall–Kier alpha value is -2.99. The van der Waals surface area contributed by atoms with Crippen LogP contribution in [0, 0.1) is 0 Å². The Bertz CT molecular complexity index is 941. The van der Waals surface area contributed by atoms with E-state index < -0.39 is 61.9 Å². The monoisotopic (exact) mass is 458 g/mol. The van der Waals surface area contributed by atoms with Gasteiger partial charge in [-0.2, -0.15) is 26.3 Å². The molecule has 0 aliphatic carbocycles. The standard InChI is InChI=1S/C18H10B2F6O6/c21-17(22,23)9-1-5-11(6-2-9)19-29-13(15(27)31-19)14-16(28)32-20(30-14)12-7-3-10(4-8-12)18(24,25)26/h1-8,13-14H/t13-,14-/m1/s1. The largest absolute Gasteiger partial charge is 0.565 e. The van der Waals surface area contributed by atoms with E-state index >= 15 is 0 Å². The Kier molecular flexibility index (Phi) is 5.45. The molecule has 0 aromatic heterocycles. The highest BCUT2D eigenvalue weighted by Gasteiger charge is 2.54. The number of rotatable bonds is 3. The van der Waals surface area contributed by atoms with Crippen LogP contribution in [0.2, 0.25) is 0 Å². The van der Waals surface area contributed by atoms with Crippen molar-refractivity contribution in [2.75, 3.05) is 0 Å². The van der Waals surface area contributed by atoms with Crippen molar-refractivity contribution in [2.45, 2.75) is 24.6 Å². The molecule has 2 heterocycles. The molecule has 0 radical (unpaired) electrons. The summed E-state index contributed by atoms with van der Waals surface area (Å²) < 4.78 is 96.8.